The summed E-state index contributed by atoms with van der Waals surface area (Å²) >= 11 is 0. The minimum Gasteiger partial charge on any atom is -0.0622 e. The second kappa shape index (κ2) is 6.98. The van der Waals surface area contributed by atoms with Gasteiger partial charge in [-0.05, 0) is 51.6 Å². The SMILES string of the molecule is C1=CC2=CC=c3ccc4c(c3[C+]2C=C1)-c1c(ccc2ccc3ccccc3c12)C=4c1ccccc1. The minimum absolute atomic E-state index is 1.27. The Bertz CT molecular complexity index is 1930. The summed E-state index contributed by atoms with van der Waals surface area (Å²) in [6, 6.07) is 33.5. The standard InChI is InChI=1S/C35H21/c1-2-10-24(11-3-1)31-29-20-18-25-16-14-22-8-4-6-12-27(22)32(25)34(29)35-30(31)21-19-26-17-15-23-9-5-7-13-28(23)33(26)35/h1-21H/q+1. The van der Waals surface area contributed by atoms with Crippen LogP contribution in [0.3, 0.4) is 0 Å². The summed E-state index contributed by atoms with van der Waals surface area (Å²) in [6.07, 6.45) is 13.3. The molecule has 3 aliphatic carbocycles. The zero-order valence-corrected chi connectivity index (χ0v) is 19.1. The average molecular weight is 442 g/mol. The van der Waals surface area contributed by atoms with Crippen molar-refractivity contribution in [2.45, 2.75) is 0 Å². The van der Waals surface area contributed by atoms with Gasteiger partial charge in [0, 0.05) is 51.3 Å². The highest BCUT2D eigenvalue weighted by molar-refractivity contribution is 6.19. The Labute approximate surface area is 204 Å². The van der Waals surface area contributed by atoms with E-state index < -0.39 is 0 Å². The molecule has 0 bridgehead atoms. The van der Waals surface area contributed by atoms with Crippen molar-refractivity contribution in [2.24, 2.45) is 0 Å². The third-order valence-electron chi connectivity index (χ3n) is 7.67. The zero-order chi connectivity index (χ0) is 22.9. The van der Waals surface area contributed by atoms with Crippen molar-refractivity contribution in [3.05, 3.63) is 160 Å². The quantitative estimate of drug-likeness (QED) is 0.191. The third-order valence-corrected chi connectivity index (χ3v) is 7.67. The monoisotopic (exact) mass is 441 g/mol. The van der Waals surface area contributed by atoms with E-state index in [0.717, 1.165) is 0 Å². The minimum atomic E-state index is 1.27. The first-order chi connectivity index (χ1) is 17.4. The van der Waals surface area contributed by atoms with Crippen LogP contribution >= 0.6 is 0 Å². The van der Waals surface area contributed by atoms with E-state index >= 15 is 0 Å². The van der Waals surface area contributed by atoms with Crippen LogP contribution in [0.2, 0.25) is 0 Å². The van der Waals surface area contributed by atoms with Crippen molar-refractivity contribution >= 4 is 33.2 Å². The molecule has 0 atom stereocenters. The summed E-state index contributed by atoms with van der Waals surface area (Å²) in [6.45, 7) is 0. The van der Waals surface area contributed by atoms with Gasteiger partial charge in [0.1, 0.15) is 0 Å². The first kappa shape index (κ1) is 18.8. The van der Waals surface area contributed by atoms with Crippen LogP contribution in [0.25, 0.3) is 44.3 Å². The summed E-state index contributed by atoms with van der Waals surface area (Å²) in [5.41, 5.74) is 9.31. The van der Waals surface area contributed by atoms with Crippen molar-refractivity contribution in [2.75, 3.05) is 0 Å². The third kappa shape index (κ3) is 2.54. The second-order valence-corrected chi connectivity index (χ2v) is 9.49. The van der Waals surface area contributed by atoms with Gasteiger partial charge in [-0.1, -0.05) is 78.9 Å². The molecule has 8 rings (SSSR count). The Morgan fingerprint density at radius 2 is 1.43 bits per heavy atom. The normalized spacial score (nSPS) is 14.9. The van der Waals surface area contributed by atoms with Gasteiger partial charge in [-0.2, -0.15) is 0 Å². The van der Waals surface area contributed by atoms with Gasteiger partial charge in [0.2, 0.25) is 0 Å². The van der Waals surface area contributed by atoms with Crippen LogP contribution in [0.1, 0.15) is 16.7 Å². The lowest BCUT2D eigenvalue weighted by Crippen LogP contribution is -2.24. The Balaban J connectivity index is 1.61. The van der Waals surface area contributed by atoms with Gasteiger partial charge < -0.3 is 0 Å². The summed E-state index contributed by atoms with van der Waals surface area (Å²) in [5.74, 6) is 1.32. The zero-order valence-electron chi connectivity index (χ0n) is 19.1. The number of hydrogen-bond acceptors (Lipinski definition) is 0. The topological polar surface area (TPSA) is 0 Å². The first-order valence-corrected chi connectivity index (χ1v) is 12.2. The van der Waals surface area contributed by atoms with E-state index in [9.17, 15) is 0 Å². The Hall–Kier alpha value is -4.55. The van der Waals surface area contributed by atoms with E-state index in [1.165, 1.54) is 76.9 Å². The number of allylic oxidation sites excluding steroid dienone is 6. The molecule has 5 aromatic rings. The largest absolute Gasteiger partial charge is 0.0809 e. The van der Waals surface area contributed by atoms with Crippen molar-refractivity contribution in [3.63, 3.8) is 0 Å². The maximum absolute atomic E-state index is 2.34. The van der Waals surface area contributed by atoms with Crippen LogP contribution in [0.4, 0.5) is 0 Å². The molecule has 0 nitrogen and oxygen atoms in total. The predicted octanol–water partition coefficient (Wildman–Crippen LogP) is 6.99. The predicted molar refractivity (Wildman–Crippen MR) is 147 cm³/mol. The van der Waals surface area contributed by atoms with Crippen LogP contribution in [-0.2, 0) is 0 Å². The molecular weight excluding hydrogens is 420 g/mol. The molecule has 0 N–H and O–H groups in total. The Morgan fingerprint density at radius 1 is 0.600 bits per heavy atom. The maximum Gasteiger partial charge on any atom is 0.0809 e. The number of hydrogen-bond donors (Lipinski definition) is 0. The molecule has 0 unspecified atom stereocenters. The molecule has 0 aromatic heterocycles. The molecule has 0 saturated carbocycles. The smallest absolute Gasteiger partial charge is 0.0622 e. The van der Waals surface area contributed by atoms with E-state index in [1.807, 2.05) is 0 Å². The molecule has 0 heteroatoms. The molecule has 160 valence electrons. The van der Waals surface area contributed by atoms with Gasteiger partial charge in [-0.15, -0.1) is 0 Å². The Morgan fingerprint density at radius 3 is 2.37 bits per heavy atom. The van der Waals surface area contributed by atoms with Gasteiger partial charge in [-0.25, -0.2) is 0 Å². The highest BCUT2D eigenvalue weighted by Gasteiger charge is 2.34. The van der Waals surface area contributed by atoms with Crippen LogP contribution in [0.15, 0.2) is 127 Å². The Kier molecular flexibility index (Phi) is 3.75. The van der Waals surface area contributed by atoms with Crippen LogP contribution in [-0.4, -0.2) is 0 Å². The van der Waals surface area contributed by atoms with Gasteiger partial charge in [0.15, 0.2) is 0 Å². The van der Waals surface area contributed by atoms with Gasteiger partial charge in [-0.3, -0.25) is 0 Å². The molecule has 0 saturated heterocycles. The molecule has 0 amide bonds. The highest BCUT2D eigenvalue weighted by Crippen LogP contribution is 2.46. The van der Waals surface area contributed by atoms with Crippen molar-refractivity contribution in [1.29, 1.82) is 0 Å². The lowest BCUT2D eigenvalue weighted by Gasteiger charge is -2.19. The van der Waals surface area contributed by atoms with E-state index in [0.29, 0.717) is 0 Å². The lowest BCUT2D eigenvalue weighted by atomic mass is 9.79. The molecular formula is C35H21+. The lowest BCUT2D eigenvalue weighted by molar-refractivity contribution is 1.24. The molecule has 0 radical (unpaired) electrons. The molecule has 0 fully saturated rings. The fraction of sp³-hybridized carbons (Fsp3) is 0. The molecule has 5 aromatic carbocycles. The van der Waals surface area contributed by atoms with Crippen LogP contribution in [0.5, 0.6) is 0 Å². The van der Waals surface area contributed by atoms with E-state index in [2.05, 4.69) is 127 Å². The fourth-order valence-corrected chi connectivity index (χ4v) is 6.19. The van der Waals surface area contributed by atoms with Crippen molar-refractivity contribution < 1.29 is 0 Å². The molecule has 35 heavy (non-hydrogen) atoms. The molecule has 0 aliphatic heterocycles. The highest BCUT2D eigenvalue weighted by atomic mass is 14.3. The average Bonchev–Trinajstić information content (AvgIpc) is 3.27. The molecule has 3 aliphatic rings. The summed E-state index contributed by atoms with van der Waals surface area (Å²) in [7, 11) is 0. The van der Waals surface area contributed by atoms with Crippen LogP contribution in [0, 0.1) is 5.92 Å². The van der Waals surface area contributed by atoms with E-state index in [1.54, 1.807) is 0 Å². The van der Waals surface area contributed by atoms with Gasteiger partial charge in [0.25, 0.3) is 0 Å². The van der Waals surface area contributed by atoms with E-state index in [-0.39, 0.29) is 0 Å². The van der Waals surface area contributed by atoms with Crippen molar-refractivity contribution in [3.8, 4) is 11.1 Å². The summed E-state index contributed by atoms with van der Waals surface area (Å²) < 4.78 is 0. The van der Waals surface area contributed by atoms with Crippen LogP contribution < -0.4 is 10.4 Å². The van der Waals surface area contributed by atoms with E-state index in [4.69, 9.17) is 0 Å². The number of rotatable bonds is 1. The molecule has 0 spiro atoms. The number of fused-ring (bicyclic) bond motifs is 11. The summed E-state index contributed by atoms with van der Waals surface area (Å²) in [5, 5.41) is 7.87. The first-order valence-electron chi connectivity index (χ1n) is 12.2. The van der Waals surface area contributed by atoms with Crippen molar-refractivity contribution in [1.82, 2.24) is 0 Å². The molecule has 0 heterocycles. The summed E-state index contributed by atoms with van der Waals surface area (Å²) in [4.78, 5) is 0. The number of benzene rings is 5. The second-order valence-electron chi connectivity index (χ2n) is 9.49. The fourth-order valence-electron chi connectivity index (χ4n) is 6.19. The van der Waals surface area contributed by atoms with Gasteiger partial charge >= 0.3 is 0 Å². The van der Waals surface area contributed by atoms with Gasteiger partial charge in [0.05, 0.1) is 22.6 Å². The maximum atomic E-state index is 2.34.